The van der Waals surface area contributed by atoms with Crippen LogP contribution in [0.3, 0.4) is 0 Å². The van der Waals surface area contributed by atoms with Gasteiger partial charge in [0.15, 0.2) is 0 Å². The Balaban J connectivity index is 2.84. The van der Waals surface area contributed by atoms with Crippen molar-refractivity contribution in [1.29, 1.82) is 0 Å². The molecule has 1 rings (SSSR count). The first-order chi connectivity index (χ1) is 7.54. The maximum atomic E-state index is 11.9. The first-order valence-electron chi connectivity index (χ1n) is 4.68. The monoisotopic (exact) mass is 229 g/mol. The second kappa shape index (κ2) is 5.41. The molecular weight excluding hydrogens is 216 g/mol. The molecule has 1 aromatic rings. The summed E-state index contributed by atoms with van der Waals surface area (Å²) < 4.78 is 23.8. The molecule has 4 N–H and O–H groups in total. The van der Waals surface area contributed by atoms with E-state index in [9.17, 15) is 13.6 Å². The van der Waals surface area contributed by atoms with Crippen molar-refractivity contribution in [3.8, 4) is 0 Å². The fourth-order valence-electron chi connectivity index (χ4n) is 1.24. The number of hydrogen-bond acceptors (Lipinski definition) is 3. The third-order valence-electron chi connectivity index (χ3n) is 1.99. The Hall–Kier alpha value is -1.69. The molecule has 0 aromatic heterocycles. The van der Waals surface area contributed by atoms with Gasteiger partial charge in [0.1, 0.15) is 0 Å². The van der Waals surface area contributed by atoms with E-state index < -0.39 is 18.9 Å². The van der Waals surface area contributed by atoms with E-state index in [1.54, 1.807) is 25.1 Å². The van der Waals surface area contributed by atoms with E-state index in [1.807, 2.05) is 0 Å². The minimum absolute atomic E-state index is 0.253. The zero-order chi connectivity index (χ0) is 12.1. The maximum Gasteiger partial charge on any atom is 0.255 e. The molecule has 0 radical (unpaired) electrons. The third-order valence-corrected chi connectivity index (χ3v) is 1.99. The summed E-state index contributed by atoms with van der Waals surface area (Å²) in [5, 5.41) is 2.12. The Bertz CT molecular complexity index is 382. The molecule has 0 bridgehead atoms. The van der Waals surface area contributed by atoms with Gasteiger partial charge >= 0.3 is 0 Å². The van der Waals surface area contributed by atoms with Crippen LogP contribution in [-0.4, -0.2) is 18.9 Å². The fourth-order valence-corrected chi connectivity index (χ4v) is 1.24. The number of halogens is 2. The summed E-state index contributed by atoms with van der Waals surface area (Å²) in [4.78, 5) is 11.5. The summed E-state index contributed by atoms with van der Waals surface area (Å²) in [6.07, 6.45) is -2.57. The van der Waals surface area contributed by atoms with Crippen molar-refractivity contribution in [2.24, 2.45) is 5.84 Å². The fraction of sp³-hybridized carbons (Fsp3) is 0.300. The molecular formula is C10H13F2N3O. The van der Waals surface area contributed by atoms with Gasteiger partial charge in [-0.25, -0.2) is 8.78 Å². The summed E-state index contributed by atoms with van der Waals surface area (Å²) in [7, 11) is 0. The molecule has 0 saturated heterocycles. The predicted molar refractivity (Wildman–Crippen MR) is 57.3 cm³/mol. The standard InChI is InChI=1S/C10H13F2N3O/c1-6-2-3-8(15-13)7(4-6)10(16)14-5-9(11)12/h2-4,9,15H,5,13H2,1H3,(H,14,16). The number of hydrazine groups is 1. The second-order valence-electron chi connectivity index (χ2n) is 3.29. The van der Waals surface area contributed by atoms with Crippen molar-refractivity contribution in [2.75, 3.05) is 12.0 Å². The number of nitrogens with one attached hydrogen (secondary N) is 2. The van der Waals surface area contributed by atoms with Gasteiger partial charge in [-0.1, -0.05) is 11.6 Å². The summed E-state index contributed by atoms with van der Waals surface area (Å²) in [6, 6.07) is 4.96. The quantitative estimate of drug-likeness (QED) is 0.538. The molecule has 88 valence electrons. The van der Waals surface area contributed by atoms with E-state index in [2.05, 4.69) is 10.7 Å². The molecule has 4 nitrogen and oxygen atoms in total. The minimum Gasteiger partial charge on any atom is -0.346 e. The molecule has 0 saturated carbocycles. The van der Waals surface area contributed by atoms with Crippen molar-refractivity contribution in [3.05, 3.63) is 29.3 Å². The van der Waals surface area contributed by atoms with E-state index in [4.69, 9.17) is 5.84 Å². The van der Waals surface area contributed by atoms with Gasteiger partial charge < -0.3 is 10.7 Å². The van der Waals surface area contributed by atoms with Gasteiger partial charge in [0.05, 0.1) is 17.8 Å². The molecule has 0 unspecified atom stereocenters. The van der Waals surface area contributed by atoms with Crippen LogP contribution in [0.1, 0.15) is 15.9 Å². The number of nitrogen functional groups attached to an aromatic ring is 1. The van der Waals surface area contributed by atoms with Crippen molar-refractivity contribution >= 4 is 11.6 Å². The van der Waals surface area contributed by atoms with Crippen LogP contribution >= 0.6 is 0 Å². The molecule has 0 aliphatic heterocycles. The predicted octanol–water partition coefficient (Wildman–Crippen LogP) is 1.28. The van der Waals surface area contributed by atoms with E-state index in [0.29, 0.717) is 5.69 Å². The molecule has 16 heavy (non-hydrogen) atoms. The number of rotatable bonds is 4. The van der Waals surface area contributed by atoms with Gasteiger partial charge in [-0.05, 0) is 19.1 Å². The highest BCUT2D eigenvalue weighted by Crippen LogP contribution is 2.16. The second-order valence-corrected chi connectivity index (χ2v) is 3.29. The van der Waals surface area contributed by atoms with Crippen LogP contribution in [-0.2, 0) is 0 Å². The number of benzene rings is 1. The lowest BCUT2D eigenvalue weighted by Crippen LogP contribution is -2.29. The number of amides is 1. The first kappa shape index (κ1) is 12.4. The largest absolute Gasteiger partial charge is 0.346 e. The average molecular weight is 229 g/mol. The van der Waals surface area contributed by atoms with Gasteiger partial charge in [0.25, 0.3) is 12.3 Å². The van der Waals surface area contributed by atoms with Crippen LogP contribution in [0.2, 0.25) is 0 Å². The number of carbonyl (C=O) groups is 1. The Labute approximate surface area is 91.8 Å². The van der Waals surface area contributed by atoms with Gasteiger partial charge in [-0.15, -0.1) is 0 Å². The maximum absolute atomic E-state index is 11.9. The number of alkyl halides is 2. The van der Waals surface area contributed by atoms with Crippen molar-refractivity contribution in [2.45, 2.75) is 13.3 Å². The van der Waals surface area contributed by atoms with Crippen LogP contribution in [0.4, 0.5) is 14.5 Å². The number of nitrogens with two attached hydrogens (primary N) is 1. The minimum atomic E-state index is -2.57. The van der Waals surface area contributed by atoms with Gasteiger partial charge in [-0.3, -0.25) is 10.6 Å². The van der Waals surface area contributed by atoms with Crippen LogP contribution in [0.5, 0.6) is 0 Å². The zero-order valence-corrected chi connectivity index (χ0v) is 8.76. The van der Waals surface area contributed by atoms with Gasteiger partial charge in [0.2, 0.25) is 0 Å². The zero-order valence-electron chi connectivity index (χ0n) is 8.76. The molecule has 0 atom stereocenters. The van der Waals surface area contributed by atoms with Crippen molar-refractivity contribution < 1.29 is 13.6 Å². The van der Waals surface area contributed by atoms with Crippen LogP contribution in [0.15, 0.2) is 18.2 Å². The molecule has 0 spiro atoms. The topological polar surface area (TPSA) is 67.1 Å². The first-order valence-corrected chi connectivity index (χ1v) is 4.68. The highest BCUT2D eigenvalue weighted by Gasteiger charge is 2.12. The smallest absolute Gasteiger partial charge is 0.255 e. The van der Waals surface area contributed by atoms with E-state index in [-0.39, 0.29) is 5.56 Å². The van der Waals surface area contributed by atoms with E-state index in [1.165, 1.54) is 0 Å². The summed E-state index contributed by atoms with van der Waals surface area (Å²) >= 11 is 0. The molecule has 6 heteroatoms. The lowest BCUT2D eigenvalue weighted by molar-refractivity contribution is 0.0892. The molecule has 1 aromatic carbocycles. The molecule has 0 fully saturated rings. The number of anilines is 1. The summed E-state index contributed by atoms with van der Waals surface area (Å²) in [5.74, 6) is 4.64. The highest BCUT2D eigenvalue weighted by atomic mass is 19.3. The Morgan fingerprint density at radius 3 is 2.75 bits per heavy atom. The number of aryl methyl sites for hydroxylation is 1. The number of carbonyl (C=O) groups excluding carboxylic acids is 1. The van der Waals surface area contributed by atoms with E-state index in [0.717, 1.165) is 5.56 Å². The van der Waals surface area contributed by atoms with Crippen molar-refractivity contribution in [1.82, 2.24) is 5.32 Å². The lowest BCUT2D eigenvalue weighted by atomic mass is 10.1. The molecule has 0 aliphatic rings. The summed E-state index contributed by atoms with van der Waals surface area (Å²) in [5.41, 5.74) is 3.84. The average Bonchev–Trinajstić information content (AvgIpc) is 2.25. The summed E-state index contributed by atoms with van der Waals surface area (Å²) in [6.45, 7) is 1.13. The van der Waals surface area contributed by atoms with Crippen molar-refractivity contribution in [3.63, 3.8) is 0 Å². The molecule has 1 amide bonds. The third kappa shape index (κ3) is 3.16. The Morgan fingerprint density at radius 2 is 2.19 bits per heavy atom. The van der Waals surface area contributed by atoms with Crippen LogP contribution < -0.4 is 16.6 Å². The SMILES string of the molecule is Cc1ccc(NN)c(C(=O)NCC(F)F)c1. The normalized spacial score (nSPS) is 10.3. The van der Waals surface area contributed by atoms with Crippen LogP contribution in [0.25, 0.3) is 0 Å². The van der Waals surface area contributed by atoms with Crippen LogP contribution in [0, 0.1) is 6.92 Å². The molecule has 0 heterocycles. The Morgan fingerprint density at radius 1 is 1.50 bits per heavy atom. The Kier molecular flexibility index (Phi) is 4.19. The lowest BCUT2D eigenvalue weighted by Gasteiger charge is -2.10. The molecule has 0 aliphatic carbocycles. The van der Waals surface area contributed by atoms with Gasteiger partial charge in [-0.2, -0.15) is 0 Å². The highest BCUT2D eigenvalue weighted by molar-refractivity contribution is 5.99. The number of hydrogen-bond donors (Lipinski definition) is 3. The van der Waals surface area contributed by atoms with Gasteiger partial charge in [0, 0.05) is 0 Å². The van der Waals surface area contributed by atoms with E-state index >= 15 is 0 Å².